The van der Waals surface area contributed by atoms with Gasteiger partial charge in [-0.15, -0.1) is 0 Å². The molecule has 0 aromatic heterocycles. The maximum atomic E-state index is 13.3. The van der Waals surface area contributed by atoms with Gasteiger partial charge in [0.15, 0.2) is 27.3 Å². The Morgan fingerprint density at radius 3 is 2.07 bits per heavy atom. The first kappa shape index (κ1) is 19.9. The molecule has 0 bridgehead atoms. The van der Waals surface area contributed by atoms with Crippen molar-refractivity contribution in [3.05, 3.63) is 59.4 Å². The van der Waals surface area contributed by atoms with Crippen molar-refractivity contribution >= 4 is 21.7 Å². The van der Waals surface area contributed by atoms with E-state index < -0.39 is 45.0 Å². The zero-order chi connectivity index (χ0) is 20.5. The summed E-state index contributed by atoms with van der Waals surface area (Å²) in [6, 6.07) is 7.21. The first-order valence-corrected chi connectivity index (χ1v) is 10.0. The van der Waals surface area contributed by atoms with Gasteiger partial charge in [-0.2, -0.15) is 0 Å². The van der Waals surface area contributed by atoms with Crippen molar-refractivity contribution in [2.75, 3.05) is 11.5 Å². The quantitative estimate of drug-likeness (QED) is 0.596. The molecule has 0 saturated carbocycles. The SMILES string of the molecule is O=C(NNC(=O)[C@H]1CCS(=O)(=O)C1)c1ccc(-c2cc(F)c(F)c(F)c2)cc1. The number of nitrogens with one attached hydrogen (secondary N) is 2. The summed E-state index contributed by atoms with van der Waals surface area (Å²) in [7, 11) is -3.22. The molecule has 0 aliphatic carbocycles. The van der Waals surface area contributed by atoms with Crippen molar-refractivity contribution in [1.82, 2.24) is 10.9 Å². The Kier molecular flexibility index (Phi) is 5.41. The van der Waals surface area contributed by atoms with Gasteiger partial charge in [-0.25, -0.2) is 21.6 Å². The third-order valence-corrected chi connectivity index (χ3v) is 6.13. The second-order valence-corrected chi connectivity index (χ2v) is 8.60. The van der Waals surface area contributed by atoms with Crippen LogP contribution in [0.15, 0.2) is 36.4 Å². The highest BCUT2D eigenvalue weighted by Gasteiger charge is 2.33. The highest BCUT2D eigenvalue weighted by molar-refractivity contribution is 7.91. The van der Waals surface area contributed by atoms with Crippen molar-refractivity contribution in [1.29, 1.82) is 0 Å². The predicted molar refractivity (Wildman–Crippen MR) is 94.1 cm³/mol. The minimum absolute atomic E-state index is 0.0644. The van der Waals surface area contributed by atoms with Crippen LogP contribution >= 0.6 is 0 Å². The number of benzene rings is 2. The molecular weight excluding hydrogens is 397 g/mol. The minimum atomic E-state index is -3.22. The monoisotopic (exact) mass is 412 g/mol. The van der Waals surface area contributed by atoms with Crippen LogP contribution in [0, 0.1) is 23.4 Å². The summed E-state index contributed by atoms with van der Waals surface area (Å²) in [6.07, 6.45) is 0.198. The van der Waals surface area contributed by atoms with Crippen molar-refractivity contribution in [3.63, 3.8) is 0 Å². The summed E-state index contributed by atoms with van der Waals surface area (Å²) in [4.78, 5) is 24.0. The van der Waals surface area contributed by atoms with Crippen molar-refractivity contribution in [2.45, 2.75) is 6.42 Å². The number of sulfone groups is 1. The van der Waals surface area contributed by atoms with E-state index in [4.69, 9.17) is 0 Å². The van der Waals surface area contributed by atoms with Crippen LogP contribution in [0.4, 0.5) is 13.2 Å². The van der Waals surface area contributed by atoms with E-state index in [9.17, 15) is 31.2 Å². The number of rotatable bonds is 3. The summed E-state index contributed by atoms with van der Waals surface area (Å²) in [5, 5.41) is 0. The molecule has 2 aromatic carbocycles. The van der Waals surface area contributed by atoms with Crippen molar-refractivity contribution < 1.29 is 31.2 Å². The Labute approximate surface area is 158 Å². The molecule has 0 radical (unpaired) electrons. The van der Waals surface area contributed by atoms with Gasteiger partial charge in [-0.05, 0) is 41.8 Å². The molecule has 1 atom stereocenters. The summed E-state index contributed by atoms with van der Waals surface area (Å²) < 4.78 is 62.4. The van der Waals surface area contributed by atoms with Gasteiger partial charge < -0.3 is 0 Å². The molecule has 2 N–H and O–H groups in total. The third kappa shape index (κ3) is 4.33. The molecule has 148 valence electrons. The molecule has 2 amide bonds. The fraction of sp³-hybridized carbons (Fsp3) is 0.222. The maximum Gasteiger partial charge on any atom is 0.269 e. The molecule has 1 aliphatic rings. The average molecular weight is 412 g/mol. The van der Waals surface area contributed by atoms with E-state index >= 15 is 0 Å². The Bertz CT molecular complexity index is 1020. The van der Waals surface area contributed by atoms with Crippen LogP contribution in [0.3, 0.4) is 0 Å². The van der Waals surface area contributed by atoms with Crippen LogP contribution in [0.1, 0.15) is 16.8 Å². The van der Waals surface area contributed by atoms with Crippen LogP contribution < -0.4 is 10.9 Å². The van der Waals surface area contributed by atoms with E-state index in [1.54, 1.807) is 0 Å². The largest absolute Gasteiger partial charge is 0.273 e. The lowest BCUT2D eigenvalue weighted by molar-refractivity contribution is -0.125. The first-order valence-electron chi connectivity index (χ1n) is 8.22. The molecule has 1 aliphatic heterocycles. The van der Waals surface area contributed by atoms with Gasteiger partial charge in [-0.3, -0.25) is 20.4 Å². The number of hydrazine groups is 1. The average Bonchev–Trinajstić information content (AvgIpc) is 3.03. The number of carbonyl (C=O) groups is 2. The molecule has 2 aromatic rings. The van der Waals surface area contributed by atoms with E-state index in [2.05, 4.69) is 10.9 Å². The summed E-state index contributed by atoms with van der Waals surface area (Å²) in [5.41, 5.74) is 4.97. The predicted octanol–water partition coefficient (Wildman–Crippen LogP) is 1.97. The topological polar surface area (TPSA) is 92.3 Å². The molecule has 0 unspecified atom stereocenters. The van der Waals surface area contributed by atoms with Crippen LogP contribution in [-0.4, -0.2) is 31.7 Å². The second-order valence-electron chi connectivity index (χ2n) is 6.37. The molecule has 1 saturated heterocycles. The highest BCUT2D eigenvalue weighted by atomic mass is 32.2. The molecule has 0 spiro atoms. The number of carbonyl (C=O) groups excluding carboxylic acids is 2. The van der Waals surface area contributed by atoms with E-state index in [1.165, 1.54) is 24.3 Å². The summed E-state index contributed by atoms with van der Waals surface area (Å²) in [6.45, 7) is 0. The van der Waals surface area contributed by atoms with Crippen LogP contribution in [0.2, 0.25) is 0 Å². The number of hydrogen-bond donors (Lipinski definition) is 2. The van der Waals surface area contributed by atoms with Gasteiger partial charge in [-0.1, -0.05) is 12.1 Å². The number of amides is 2. The first-order chi connectivity index (χ1) is 13.2. The molecule has 1 heterocycles. The molecule has 10 heteroatoms. The number of halogens is 3. The molecule has 1 fully saturated rings. The zero-order valence-corrected chi connectivity index (χ0v) is 15.2. The molecule has 28 heavy (non-hydrogen) atoms. The molecular formula is C18H15F3N2O4S. The minimum Gasteiger partial charge on any atom is -0.273 e. The number of hydrogen-bond acceptors (Lipinski definition) is 4. The van der Waals surface area contributed by atoms with Crippen molar-refractivity contribution in [2.24, 2.45) is 5.92 Å². The van der Waals surface area contributed by atoms with E-state index in [1.807, 2.05) is 0 Å². The molecule has 3 rings (SSSR count). The van der Waals surface area contributed by atoms with Gasteiger partial charge in [0.1, 0.15) is 0 Å². The lowest BCUT2D eigenvalue weighted by Gasteiger charge is -2.11. The lowest BCUT2D eigenvalue weighted by Crippen LogP contribution is -2.44. The van der Waals surface area contributed by atoms with Gasteiger partial charge >= 0.3 is 0 Å². The van der Waals surface area contributed by atoms with Gasteiger partial charge in [0.05, 0.1) is 17.4 Å². The van der Waals surface area contributed by atoms with Crippen molar-refractivity contribution in [3.8, 4) is 11.1 Å². The maximum absolute atomic E-state index is 13.3. The van der Waals surface area contributed by atoms with Gasteiger partial charge in [0.25, 0.3) is 5.91 Å². The van der Waals surface area contributed by atoms with Crippen LogP contribution in [0.25, 0.3) is 11.1 Å². The van der Waals surface area contributed by atoms with Gasteiger partial charge in [0.2, 0.25) is 5.91 Å². The van der Waals surface area contributed by atoms with Crippen LogP contribution in [-0.2, 0) is 14.6 Å². The summed E-state index contributed by atoms with van der Waals surface area (Å²) >= 11 is 0. The standard InChI is InChI=1S/C18H15F3N2O4S/c19-14-7-13(8-15(20)16(14)21)10-1-3-11(4-2-10)17(24)22-23-18(25)12-5-6-28(26,27)9-12/h1-4,7-8,12H,5-6,9H2,(H,22,24)(H,23,25)/t12-/m0/s1. The van der Waals surface area contributed by atoms with Crippen LogP contribution in [0.5, 0.6) is 0 Å². The lowest BCUT2D eigenvalue weighted by atomic mass is 10.0. The highest BCUT2D eigenvalue weighted by Crippen LogP contribution is 2.24. The van der Waals surface area contributed by atoms with Gasteiger partial charge in [0, 0.05) is 5.56 Å². The Morgan fingerprint density at radius 2 is 1.54 bits per heavy atom. The van der Waals surface area contributed by atoms with E-state index in [0.29, 0.717) is 5.56 Å². The zero-order valence-electron chi connectivity index (χ0n) is 14.3. The normalized spacial score (nSPS) is 17.9. The fourth-order valence-corrected chi connectivity index (χ4v) is 4.57. The van der Waals surface area contributed by atoms with E-state index in [0.717, 1.165) is 12.1 Å². The smallest absolute Gasteiger partial charge is 0.269 e. The third-order valence-electron chi connectivity index (χ3n) is 4.37. The molecule has 6 nitrogen and oxygen atoms in total. The fourth-order valence-electron chi connectivity index (χ4n) is 2.83. The second kappa shape index (κ2) is 7.63. The Hall–Kier alpha value is -2.88. The van der Waals surface area contributed by atoms with E-state index in [-0.39, 0.29) is 29.1 Å². The Morgan fingerprint density at radius 1 is 0.929 bits per heavy atom. The summed E-state index contributed by atoms with van der Waals surface area (Å²) in [5.74, 6) is -6.50. The Balaban J connectivity index is 1.63.